The Morgan fingerprint density at radius 3 is 2.42 bits per heavy atom. The van der Waals surface area contributed by atoms with Crippen LogP contribution >= 0.6 is 11.6 Å². The lowest BCUT2D eigenvalue weighted by Gasteiger charge is -2.22. The highest BCUT2D eigenvalue weighted by Gasteiger charge is 2.36. The van der Waals surface area contributed by atoms with Gasteiger partial charge in [-0.1, -0.05) is 31.5 Å². The molecule has 0 fully saturated rings. The molecule has 1 aromatic heterocycles. The fourth-order valence-electron chi connectivity index (χ4n) is 2.67. The number of nitrogens with one attached hydrogen (secondary N) is 1. The molecule has 0 atom stereocenters. The van der Waals surface area contributed by atoms with Crippen molar-refractivity contribution >= 4 is 23.2 Å². The van der Waals surface area contributed by atoms with E-state index in [4.69, 9.17) is 11.6 Å². The zero-order valence-electron chi connectivity index (χ0n) is 14.8. The summed E-state index contributed by atoms with van der Waals surface area (Å²) in [5.74, 6) is -0.110. The lowest BCUT2D eigenvalue weighted by molar-refractivity contribution is -0.142. The van der Waals surface area contributed by atoms with E-state index in [2.05, 4.69) is 15.3 Å². The van der Waals surface area contributed by atoms with Gasteiger partial charge >= 0.3 is 6.18 Å². The molecular formula is C18H22ClF3N4. The van der Waals surface area contributed by atoms with Crippen LogP contribution in [0.3, 0.4) is 0 Å². The van der Waals surface area contributed by atoms with Gasteiger partial charge in [0, 0.05) is 29.0 Å². The Morgan fingerprint density at radius 1 is 1.15 bits per heavy atom. The predicted octanol–water partition coefficient (Wildman–Crippen LogP) is 5.51. The number of rotatable bonds is 8. The Kier molecular flexibility index (Phi) is 7.23. The van der Waals surface area contributed by atoms with Gasteiger partial charge < -0.3 is 5.32 Å². The van der Waals surface area contributed by atoms with E-state index in [9.17, 15) is 13.2 Å². The first-order valence-electron chi connectivity index (χ1n) is 8.51. The normalized spacial score (nSPS) is 11.8. The number of nitrogens with zero attached hydrogens (tertiary/aromatic N) is 3. The van der Waals surface area contributed by atoms with Gasteiger partial charge in [-0.05, 0) is 44.1 Å². The Balaban J connectivity index is 2.29. The first-order valence-corrected chi connectivity index (χ1v) is 8.89. The molecule has 0 unspecified atom stereocenters. The minimum Gasteiger partial charge on any atom is -0.324 e. The van der Waals surface area contributed by atoms with Crippen molar-refractivity contribution in [3.05, 3.63) is 46.7 Å². The molecule has 1 aromatic carbocycles. The lowest BCUT2D eigenvalue weighted by atomic mass is 10.2. The van der Waals surface area contributed by atoms with Gasteiger partial charge in [-0.2, -0.15) is 13.2 Å². The van der Waals surface area contributed by atoms with E-state index >= 15 is 0 Å². The molecular weight excluding hydrogens is 365 g/mol. The van der Waals surface area contributed by atoms with Crippen molar-refractivity contribution in [2.75, 3.05) is 18.4 Å². The Morgan fingerprint density at radius 2 is 1.85 bits per heavy atom. The van der Waals surface area contributed by atoms with Crippen LogP contribution in [0.25, 0.3) is 0 Å². The van der Waals surface area contributed by atoms with Gasteiger partial charge in [0.15, 0.2) is 5.69 Å². The summed E-state index contributed by atoms with van der Waals surface area (Å²) in [6, 6.07) is 6.64. The van der Waals surface area contributed by atoms with Crippen molar-refractivity contribution in [2.45, 2.75) is 39.4 Å². The molecule has 142 valence electrons. The minimum atomic E-state index is -4.55. The molecule has 0 amide bonds. The second kappa shape index (κ2) is 9.19. The first kappa shape index (κ1) is 20.5. The summed E-state index contributed by atoms with van der Waals surface area (Å²) in [5.41, 5.74) is -0.303. The SMILES string of the molecule is CCCN(CCC)Cc1cnc(Nc2cccc(Cl)c2)nc1C(F)(F)F. The topological polar surface area (TPSA) is 41.1 Å². The van der Waals surface area contributed by atoms with Crippen LogP contribution in [0.15, 0.2) is 30.5 Å². The molecule has 26 heavy (non-hydrogen) atoms. The van der Waals surface area contributed by atoms with Crippen molar-refractivity contribution in [2.24, 2.45) is 0 Å². The van der Waals surface area contributed by atoms with Crippen molar-refractivity contribution in [3.63, 3.8) is 0 Å². The van der Waals surface area contributed by atoms with Crippen molar-refractivity contribution in [1.82, 2.24) is 14.9 Å². The summed E-state index contributed by atoms with van der Waals surface area (Å²) in [7, 11) is 0. The second-order valence-electron chi connectivity index (χ2n) is 5.98. The Bertz CT molecular complexity index is 716. The Hall–Kier alpha value is -1.86. The van der Waals surface area contributed by atoms with E-state index in [-0.39, 0.29) is 18.1 Å². The molecule has 0 saturated carbocycles. The van der Waals surface area contributed by atoms with E-state index in [1.165, 1.54) is 6.20 Å². The average Bonchev–Trinajstić information content (AvgIpc) is 2.56. The number of hydrogen-bond acceptors (Lipinski definition) is 4. The maximum absolute atomic E-state index is 13.5. The van der Waals surface area contributed by atoms with Crippen LogP contribution in [0, 0.1) is 0 Å². The van der Waals surface area contributed by atoms with E-state index in [1.54, 1.807) is 24.3 Å². The van der Waals surface area contributed by atoms with Crippen molar-refractivity contribution in [1.29, 1.82) is 0 Å². The smallest absolute Gasteiger partial charge is 0.324 e. The van der Waals surface area contributed by atoms with Crippen molar-refractivity contribution < 1.29 is 13.2 Å². The third-order valence-corrected chi connectivity index (χ3v) is 3.92. The van der Waals surface area contributed by atoms with E-state index in [1.807, 2.05) is 18.7 Å². The van der Waals surface area contributed by atoms with Crippen molar-refractivity contribution in [3.8, 4) is 0 Å². The number of benzene rings is 1. The molecule has 2 rings (SSSR count). The molecule has 0 spiro atoms. The number of hydrogen-bond donors (Lipinski definition) is 1. The maximum Gasteiger partial charge on any atom is 0.433 e. The van der Waals surface area contributed by atoms with Gasteiger partial charge in [0.1, 0.15) is 0 Å². The summed E-state index contributed by atoms with van der Waals surface area (Å²) in [6.45, 7) is 5.64. The number of aromatic nitrogens is 2. The summed E-state index contributed by atoms with van der Waals surface area (Å²) in [6.07, 6.45) is -1.55. The van der Waals surface area contributed by atoms with Gasteiger partial charge in [-0.25, -0.2) is 9.97 Å². The predicted molar refractivity (Wildman–Crippen MR) is 97.6 cm³/mol. The first-order chi connectivity index (χ1) is 12.3. The molecule has 0 bridgehead atoms. The molecule has 0 aliphatic rings. The molecule has 1 N–H and O–H groups in total. The quantitative estimate of drug-likeness (QED) is 0.649. The third-order valence-electron chi connectivity index (χ3n) is 3.69. The monoisotopic (exact) mass is 386 g/mol. The second-order valence-corrected chi connectivity index (χ2v) is 6.41. The fraction of sp³-hybridized carbons (Fsp3) is 0.444. The fourth-order valence-corrected chi connectivity index (χ4v) is 2.86. The van der Waals surface area contributed by atoms with Crippen LogP contribution in [0.4, 0.5) is 24.8 Å². The molecule has 1 heterocycles. The summed E-state index contributed by atoms with van der Waals surface area (Å²) in [4.78, 5) is 9.77. The van der Waals surface area contributed by atoms with Crippen LogP contribution in [0.2, 0.25) is 5.02 Å². The number of anilines is 2. The molecule has 0 aliphatic heterocycles. The van der Waals surface area contributed by atoms with E-state index in [0.29, 0.717) is 10.7 Å². The molecule has 0 radical (unpaired) electrons. The summed E-state index contributed by atoms with van der Waals surface area (Å²) < 4.78 is 40.5. The highest BCUT2D eigenvalue weighted by atomic mass is 35.5. The average molecular weight is 387 g/mol. The highest BCUT2D eigenvalue weighted by molar-refractivity contribution is 6.30. The largest absolute Gasteiger partial charge is 0.433 e. The minimum absolute atomic E-state index is 0.0797. The zero-order valence-corrected chi connectivity index (χ0v) is 15.5. The van der Waals surface area contributed by atoms with Crippen LogP contribution in [-0.4, -0.2) is 28.0 Å². The van der Waals surface area contributed by atoms with Gasteiger partial charge in [0.25, 0.3) is 0 Å². The van der Waals surface area contributed by atoms with Crippen LogP contribution in [0.5, 0.6) is 0 Å². The standard InChI is InChI=1S/C18H22ClF3N4/c1-3-8-26(9-4-2)12-13-11-23-17(25-16(13)18(20,21)22)24-15-7-5-6-14(19)10-15/h5-7,10-11H,3-4,8-9,12H2,1-2H3,(H,23,24,25). The molecule has 0 aliphatic carbocycles. The van der Waals surface area contributed by atoms with E-state index in [0.717, 1.165) is 25.9 Å². The van der Waals surface area contributed by atoms with Gasteiger partial charge in [-0.3, -0.25) is 4.90 Å². The molecule has 0 saturated heterocycles. The number of alkyl halides is 3. The molecule has 2 aromatic rings. The van der Waals surface area contributed by atoms with Gasteiger partial charge in [0.2, 0.25) is 5.95 Å². The highest BCUT2D eigenvalue weighted by Crippen LogP contribution is 2.32. The molecule has 4 nitrogen and oxygen atoms in total. The zero-order chi connectivity index (χ0) is 19.2. The van der Waals surface area contributed by atoms with Crippen LogP contribution in [0.1, 0.15) is 37.9 Å². The van der Waals surface area contributed by atoms with Crippen LogP contribution < -0.4 is 5.32 Å². The lowest BCUT2D eigenvalue weighted by Crippen LogP contribution is -2.27. The number of halogens is 4. The van der Waals surface area contributed by atoms with Gasteiger partial charge in [0.05, 0.1) is 0 Å². The summed E-state index contributed by atoms with van der Waals surface area (Å²) in [5, 5.41) is 3.24. The maximum atomic E-state index is 13.5. The Labute approximate surface area is 156 Å². The molecule has 8 heteroatoms. The van der Waals surface area contributed by atoms with Crippen LogP contribution in [-0.2, 0) is 12.7 Å². The summed E-state index contributed by atoms with van der Waals surface area (Å²) >= 11 is 5.89. The third kappa shape index (κ3) is 5.85. The van der Waals surface area contributed by atoms with Gasteiger partial charge in [-0.15, -0.1) is 0 Å². The van der Waals surface area contributed by atoms with E-state index < -0.39 is 11.9 Å².